The summed E-state index contributed by atoms with van der Waals surface area (Å²) >= 11 is 0. The van der Waals surface area contributed by atoms with Gasteiger partial charge in [-0.15, -0.1) is 0 Å². The maximum absolute atomic E-state index is 11.5. The highest BCUT2D eigenvalue weighted by Gasteiger charge is 2.31. The predicted molar refractivity (Wildman–Crippen MR) is 276 cm³/mol. The Labute approximate surface area is 392 Å². The summed E-state index contributed by atoms with van der Waals surface area (Å²) in [5, 5.41) is 0. The summed E-state index contributed by atoms with van der Waals surface area (Å²) in [5.41, 5.74) is 15.9. The molecule has 1 unspecified atom stereocenters. The van der Waals surface area contributed by atoms with Crippen LogP contribution < -0.4 is 0 Å². The number of phosphoric ester groups is 1. The molecular weight excluding hydrogens is 835 g/mol. The minimum absolute atomic E-state index is 0.273. The lowest BCUT2D eigenvalue weighted by Crippen LogP contribution is -1.94. The molecule has 64 heavy (non-hydrogen) atoms. The Balaban J connectivity index is 2.21. The van der Waals surface area contributed by atoms with Crippen molar-refractivity contribution in [3.63, 3.8) is 0 Å². The van der Waals surface area contributed by atoms with Crippen molar-refractivity contribution in [2.75, 3.05) is 6.61 Å². The number of allylic oxidation sites excluding steroid dienone is 21. The first-order valence-electron chi connectivity index (χ1n) is 24.2. The molecule has 0 saturated heterocycles. The van der Waals surface area contributed by atoms with Crippen molar-refractivity contribution in [2.45, 2.75) is 210 Å². The number of rotatable bonds is 35. The normalized spacial score (nSPS) is 16.8. The smallest absolute Gasteiger partial charge is 0.302 e. The van der Waals surface area contributed by atoms with Crippen LogP contribution in [0.2, 0.25) is 0 Å². The van der Waals surface area contributed by atoms with Gasteiger partial charge in [-0.25, -0.2) is 9.13 Å². The topological polar surface area (TPSA) is 113 Å². The van der Waals surface area contributed by atoms with Gasteiger partial charge in [0, 0.05) is 0 Å². The van der Waals surface area contributed by atoms with Crippen molar-refractivity contribution >= 4 is 15.6 Å². The minimum atomic E-state index is -5.11. The van der Waals surface area contributed by atoms with Gasteiger partial charge >= 0.3 is 15.6 Å². The van der Waals surface area contributed by atoms with Crippen LogP contribution in [-0.2, 0) is 18.0 Å². The molecule has 0 aliphatic heterocycles. The van der Waals surface area contributed by atoms with E-state index in [1.165, 1.54) is 89.5 Å². The first-order valence-corrected chi connectivity index (χ1v) is 27.2. The fourth-order valence-electron chi connectivity index (χ4n) is 7.15. The van der Waals surface area contributed by atoms with Crippen LogP contribution >= 0.6 is 15.6 Å². The molecule has 1 rings (SSSR count). The van der Waals surface area contributed by atoms with Crippen LogP contribution in [-0.4, -0.2) is 21.3 Å². The van der Waals surface area contributed by atoms with Crippen molar-refractivity contribution in [3.05, 3.63) is 128 Å². The molecule has 0 bridgehead atoms. The van der Waals surface area contributed by atoms with Gasteiger partial charge in [-0.1, -0.05) is 128 Å². The maximum Gasteiger partial charge on any atom is 0.481 e. The molecule has 1 atom stereocenters. The third-order valence-corrected chi connectivity index (χ3v) is 13.8. The van der Waals surface area contributed by atoms with Gasteiger partial charge in [-0.05, 0) is 210 Å². The molecule has 0 aromatic rings. The van der Waals surface area contributed by atoms with E-state index in [4.69, 9.17) is 9.79 Å². The zero-order valence-corrected chi connectivity index (χ0v) is 43.8. The van der Waals surface area contributed by atoms with Crippen molar-refractivity contribution in [2.24, 2.45) is 0 Å². The zero-order valence-electron chi connectivity index (χ0n) is 42.0. The molecule has 1 fully saturated rings. The number of hydrogen-bond acceptors (Lipinski definition) is 4. The molecule has 1 saturated carbocycles. The standard InChI is InChI=1S/C55H90O7P2/c1-45(23-12-24-47(3)27-14-28-49(5)31-16-32-51(7)35-18-36-53(9)39-20-40-55-41-42-55)21-11-22-46(2)25-13-26-48(4)29-15-30-50(6)33-17-34-52(8)37-19-38-54(10)43-44-61-64(59,60)62-63(56,57)58/h21,24-25,28-29,32-33,36-37,40,43H,11-20,22-23,26-27,30-31,34-35,38-39,41-42,44H2,1-10H3,(H,59,60)(H2,56,57,58)/b45-21+,46-25+,47-24+,48-29+,49-28+,50-33+,51-32+,52-37+,53-36+,54-43+. The van der Waals surface area contributed by atoms with Gasteiger partial charge in [0.1, 0.15) is 0 Å². The SMILES string of the molecule is C/C(=C\CC/C(C)=C/CC/C(C)=C/CC/C(C)=C/CC/C(C)=C/CC/C(C)=C/CC/C(C)=C/CC/C(C)=C/CC/C(C)=C/CC/C(C)=C/COP(=O)(O)OP(=O)(O)O)CCC=C1CC1. The molecule has 1 aliphatic rings. The van der Waals surface area contributed by atoms with Gasteiger partial charge < -0.3 is 14.7 Å². The fourth-order valence-corrected chi connectivity index (χ4v) is 8.68. The van der Waals surface area contributed by atoms with Crippen LogP contribution in [0.3, 0.4) is 0 Å². The molecule has 362 valence electrons. The van der Waals surface area contributed by atoms with Crippen molar-refractivity contribution in [1.82, 2.24) is 0 Å². The average molecular weight is 925 g/mol. The molecule has 3 N–H and O–H groups in total. The van der Waals surface area contributed by atoms with E-state index >= 15 is 0 Å². The largest absolute Gasteiger partial charge is 0.481 e. The molecule has 0 amide bonds. The van der Waals surface area contributed by atoms with Crippen LogP contribution in [0.25, 0.3) is 0 Å². The quantitative estimate of drug-likeness (QED) is 0.0428. The van der Waals surface area contributed by atoms with E-state index in [0.717, 1.165) is 102 Å². The van der Waals surface area contributed by atoms with Gasteiger partial charge in [-0.2, -0.15) is 4.31 Å². The predicted octanol–water partition coefficient (Wildman–Crippen LogP) is 18.2. The van der Waals surface area contributed by atoms with Crippen LogP contribution in [0.5, 0.6) is 0 Å². The third kappa shape index (κ3) is 37.6. The number of phosphoric acid groups is 2. The molecule has 0 heterocycles. The van der Waals surface area contributed by atoms with Gasteiger partial charge in [0.05, 0.1) is 6.61 Å². The van der Waals surface area contributed by atoms with E-state index in [2.05, 4.69) is 132 Å². The van der Waals surface area contributed by atoms with E-state index in [-0.39, 0.29) is 6.61 Å². The highest BCUT2D eigenvalue weighted by atomic mass is 31.3. The Kier molecular flexibility index (Phi) is 32.2. The Morgan fingerprint density at radius 2 is 0.609 bits per heavy atom. The summed E-state index contributed by atoms with van der Waals surface area (Å²) in [6.45, 7) is 21.9. The Morgan fingerprint density at radius 1 is 0.391 bits per heavy atom. The van der Waals surface area contributed by atoms with E-state index < -0.39 is 15.6 Å². The fraction of sp³-hybridized carbons (Fsp3) is 0.600. The second-order valence-corrected chi connectivity index (χ2v) is 21.4. The van der Waals surface area contributed by atoms with E-state index in [9.17, 15) is 14.0 Å². The molecule has 0 aromatic heterocycles. The maximum atomic E-state index is 11.5. The summed E-state index contributed by atoms with van der Waals surface area (Å²) in [6, 6.07) is 0. The van der Waals surface area contributed by atoms with Gasteiger partial charge in [0.2, 0.25) is 0 Å². The molecule has 1 aliphatic carbocycles. The summed E-state index contributed by atoms with van der Waals surface area (Å²) < 4.78 is 30.6. The molecule has 7 nitrogen and oxygen atoms in total. The average Bonchev–Trinajstić information content (AvgIpc) is 4.01. The van der Waals surface area contributed by atoms with Crippen LogP contribution in [0.15, 0.2) is 128 Å². The summed E-state index contributed by atoms with van der Waals surface area (Å²) in [6.07, 6.45) is 50.2. The van der Waals surface area contributed by atoms with Crippen molar-refractivity contribution in [1.29, 1.82) is 0 Å². The van der Waals surface area contributed by atoms with E-state index in [0.29, 0.717) is 0 Å². The second-order valence-electron chi connectivity index (χ2n) is 18.6. The highest BCUT2D eigenvalue weighted by Crippen LogP contribution is 2.57. The monoisotopic (exact) mass is 925 g/mol. The zero-order chi connectivity index (χ0) is 47.8. The minimum Gasteiger partial charge on any atom is -0.302 e. The van der Waals surface area contributed by atoms with E-state index in [1.807, 2.05) is 6.92 Å². The Hall–Kier alpha value is -2.60. The van der Waals surface area contributed by atoms with Gasteiger partial charge in [-0.3, -0.25) is 4.52 Å². The summed E-state index contributed by atoms with van der Waals surface area (Å²) in [5.74, 6) is 0. The van der Waals surface area contributed by atoms with Crippen LogP contribution in [0.4, 0.5) is 0 Å². The first kappa shape index (κ1) is 59.4. The Morgan fingerprint density at radius 3 is 0.828 bits per heavy atom. The van der Waals surface area contributed by atoms with Gasteiger partial charge in [0.25, 0.3) is 0 Å². The molecular formula is C55H90O7P2. The summed E-state index contributed by atoms with van der Waals surface area (Å²) in [7, 11) is -9.92. The van der Waals surface area contributed by atoms with Crippen molar-refractivity contribution < 1.29 is 32.6 Å². The second kappa shape index (κ2) is 34.7. The molecule has 0 radical (unpaired) electrons. The lowest BCUT2D eigenvalue weighted by atomic mass is 10.0. The van der Waals surface area contributed by atoms with Crippen LogP contribution in [0.1, 0.15) is 210 Å². The van der Waals surface area contributed by atoms with Crippen LogP contribution in [0, 0.1) is 0 Å². The third-order valence-electron chi connectivity index (χ3n) is 11.7. The molecule has 9 heteroatoms. The lowest BCUT2D eigenvalue weighted by Gasteiger charge is -2.11. The van der Waals surface area contributed by atoms with Gasteiger partial charge in [0.15, 0.2) is 0 Å². The van der Waals surface area contributed by atoms with Crippen molar-refractivity contribution in [3.8, 4) is 0 Å². The summed E-state index contributed by atoms with van der Waals surface area (Å²) in [4.78, 5) is 26.7. The molecule has 0 spiro atoms. The number of hydrogen-bond donors (Lipinski definition) is 3. The first-order chi connectivity index (χ1) is 30.2. The Bertz CT molecular complexity index is 1830. The molecule has 0 aromatic carbocycles. The highest BCUT2D eigenvalue weighted by molar-refractivity contribution is 7.60. The lowest BCUT2D eigenvalue weighted by molar-refractivity contribution is 0.191. The van der Waals surface area contributed by atoms with E-state index in [1.54, 1.807) is 17.2 Å².